The van der Waals surface area contributed by atoms with Crippen LogP contribution in [0.2, 0.25) is 0 Å². The lowest BCUT2D eigenvalue weighted by Crippen LogP contribution is -2.49. The van der Waals surface area contributed by atoms with E-state index in [1.54, 1.807) is 25.4 Å². The molecule has 2 amide bonds. The normalized spacial score (nSPS) is 15.1. The molecule has 1 aliphatic rings. The molecule has 0 bridgehead atoms. The van der Waals surface area contributed by atoms with Crippen molar-refractivity contribution >= 4 is 11.8 Å². The van der Waals surface area contributed by atoms with Gasteiger partial charge in [0.15, 0.2) is 11.6 Å². The first kappa shape index (κ1) is 16.3. The molecule has 1 aliphatic heterocycles. The van der Waals surface area contributed by atoms with Crippen molar-refractivity contribution in [3.05, 3.63) is 54.2 Å². The monoisotopic (exact) mass is 326 g/mol. The minimum atomic E-state index is -0.133. The second-order valence-electron chi connectivity index (χ2n) is 5.73. The molecule has 1 saturated heterocycles. The maximum absolute atomic E-state index is 12.4. The Kier molecular flexibility index (Phi) is 5.28. The van der Waals surface area contributed by atoms with Crippen LogP contribution < -0.4 is 10.1 Å². The molecule has 0 saturated carbocycles. The number of ether oxygens (including phenoxy) is 1. The fraction of sp³-hybridized carbons (Fsp3) is 0.333. The first-order valence-electron chi connectivity index (χ1n) is 8.07. The molecule has 1 aromatic carbocycles. The summed E-state index contributed by atoms with van der Waals surface area (Å²) < 4.78 is 5.21. The average molecular weight is 326 g/mol. The zero-order chi connectivity index (χ0) is 16.8. The highest BCUT2D eigenvalue weighted by Crippen LogP contribution is 2.20. The van der Waals surface area contributed by atoms with Gasteiger partial charge in [0.1, 0.15) is 0 Å². The number of hydrogen-bond donors (Lipinski definition) is 1. The van der Waals surface area contributed by atoms with Crippen molar-refractivity contribution < 1.29 is 9.53 Å². The third-order valence-electron chi connectivity index (χ3n) is 4.12. The van der Waals surface area contributed by atoms with Crippen LogP contribution in [0, 0.1) is 0 Å². The lowest BCUT2D eigenvalue weighted by atomic mass is 10.2. The molecule has 1 aromatic heterocycles. The Bertz CT molecular complexity index is 670. The van der Waals surface area contributed by atoms with Crippen LogP contribution in [0.4, 0.5) is 10.6 Å². The van der Waals surface area contributed by atoms with E-state index in [4.69, 9.17) is 4.74 Å². The van der Waals surface area contributed by atoms with Crippen LogP contribution in [-0.4, -0.2) is 54.1 Å². The predicted molar refractivity (Wildman–Crippen MR) is 93.1 cm³/mol. The SMILES string of the molecule is COc1cccnc1NC(=O)N1CCN(Cc2ccccc2)CC1. The van der Waals surface area contributed by atoms with E-state index in [1.165, 1.54) is 5.56 Å². The molecule has 24 heavy (non-hydrogen) atoms. The summed E-state index contributed by atoms with van der Waals surface area (Å²) in [5.41, 5.74) is 1.30. The molecule has 0 aliphatic carbocycles. The molecule has 6 nitrogen and oxygen atoms in total. The van der Waals surface area contributed by atoms with Crippen LogP contribution >= 0.6 is 0 Å². The molecule has 6 heteroatoms. The molecule has 2 heterocycles. The van der Waals surface area contributed by atoms with E-state index >= 15 is 0 Å². The van der Waals surface area contributed by atoms with Gasteiger partial charge in [-0.1, -0.05) is 30.3 Å². The summed E-state index contributed by atoms with van der Waals surface area (Å²) in [7, 11) is 1.56. The summed E-state index contributed by atoms with van der Waals surface area (Å²) in [6.07, 6.45) is 1.63. The summed E-state index contributed by atoms with van der Waals surface area (Å²) >= 11 is 0. The number of aromatic nitrogens is 1. The van der Waals surface area contributed by atoms with Gasteiger partial charge in [-0.15, -0.1) is 0 Å². The van der Waals surface area contributed by atoms with Crippen LogP contribution in [0.25, 0.3) is 0 Å². The van der Waals surface area contributed by atoms with Gasteiger partial charge in [0.05, 0.1) is 7.11 Å². The molecular formula is C18H22N4O2. The Balaban J connectivity index is 1.52. The van der Waals surface area contributed by atoms with E-state index < -0.39 is 0 Å². The summed E-state index contributed by atoms with van der Waals surface area (Å²) in [5.74, 6) is 1.02. The maximum Gasteiger partial charge on any atom is 0.323 e. The van der Waals surface area contributed by atoms with Gasteiger partial charge in [-0.05, 0) is 17.7 Å². The smallest absolute Gasteiger partial charge is 0.323 e. The Hall–Kier alpha value is -2.60. The molecule has 1 N–H and O–H groups in total. The number of benzene rings is 1. The number of amides is 2. The predicted octanol–water partition coefficient (Wildman–Crippen LogP) is 2.44. The van der Waals surface area contributed by atoms with Gasteiger partial charge in [-0.3, -0.25) is 10.2 Å². The van der Waals surface area contributed by atoms with Crippen LogP contribution in [0.1, 0.15) is 5.56 Å². The fourth-order valence-electron chi connectivity index (χ4n) is 2.78. The second-order valence-corrected chi connectivity index (χ2v) is 5.73. The largest absolute Gasteiger partial charge is 0.493 e. The molecule has 0 atom stereocenters. The number of urea groups is 1. The van der Waals surface area contributed by atoms with E-state index in [0.717, 1.165) is 19.6 Å². The van der Waals surface area contributed by atoms with Crippen LogP contribution in [0.3, 0.4) is 0 Å². The number of rotatable bonds is 4. The number of carbonyl (C=O) groups is 1. The van der Waals surface area contributed by atoms with Gasteiger partial charge in [0.2, 0.25) is 0 Å². The Morgan fingerprint density at radius 1 is 1.12 bits per heavy atom. The first-order valence-corrected chi connectivity index (χ1v) is 8.07. The van der Waals surface area contributed by atoms with Crippen molar-refractivity contribution in [3.63, 3.8) is 0 Å². The van der Waals surface area contributed by atoms with E-state index in [9.17, 15) is 4.79 Å². The lowest BCUT2D eigenvalue weighted by molar-refractivity contribution is 0.143. The molecule has 0 unspecified atom stereocenters. The standard InChI is InChI=1S/C18H22N4O2/c1-24-16-8-5-9-19-17(16)20-18(23)22-12-10-21(11-13-22)14-15-6-3-2-4-7-15/h2-9H,10-14H2,1H3,(H,19,20,23). The van der Waals surface area contributed by atoms with E-state index in [2.05, 4.69) is 39.5 Å². The van der Waals surface area contributed by atoms with Gasteiger partial charge in [-0.25, -0.2) is 9.78 Å². The van der Waals surface area contributed by atoms with E-state index in [-0.39, 0.29) is 6.03 Å². The molecule has 0 radical (unpaired) electrons. The Morgan fingerprint density at radius 2 is 1.88 bits per heavy atom. The fourth-order valence-corrected chi connectivity index (χ4v) is 2.78. The average Bonchev–Trinajstić information content (AvgIpc) is 2.63. The Morgan fingerprint density at radius 3 is 2.58 bits per heavy atom. The van der Waals surface area contributed by atoms with Gasteiger partial charge in [0, 0.05) is 38.9 Å². The lowest BCUT2D eigenvalue weighted by Gasteiger charge is -2.34. The highest BCUT2D eigenvalue weighted by molar-refractivity contribution is 5.89. The van der Waals surface area contributed by atoms with Crippen molar-refractivity contribution in [1.29, 1.82) is 0 Å². The van der Waals surface area contributed by atoms with Gasteiger partial charge in [-0.2, -0.15) is 0 Å². The van der Waals surface area contributed by atoms with Crippen molar-refractivity contribution in [2.45, 2.75) is 6.54 Å². The third-order valence-corrected chi connectivity index (χ3v) is 4.12. The van der Waals surface area contributed by atoms with Crippen LogP contribution in [0.15, 0.2) is 48.7 Å². The van der Waals surface area contributed by atoms with Gasteiger partial charge >= 0.3 is 6.03 Å². The van der Waals surface area contributed by atoms with Gasteiger partial charge < -0.3 is 9.64 Å². The summed E-state index contributed by atoms with van der Waals surface area (Å²) in [5, 5.41) is 2.83. The quantitative estimate of drug-likeness (QED) is 0.937. The number of nitrogens with zero attached hydrogens (tertiary/aromatic N) is 3. The molecular weight excluding hydrogens is 304 g/mol. The number of pyridine rings is 1. The minimum absolute atomic E-state index is 0.133. The molecule has 2 aromatic rings. The number of hydrogen-bond acceptors (Lipinski definition) is 4. The zero-order valence-electron chi connectivity index (χ0n) is 13.8. The number of methoxy groups -OCH3 is 1. The summed E-state index contributed by atoms with van der Waals surface area (Å²) in [6, 6.07) is 13.8. The van der Waals surface area contributed by atoms with E-state index in [1.807, 2.05) is 11.0 Å². The highest BCUT2D eigenvalue weighted by atomic mass is 16.5. The molecule has 0 spiro atoms. The first-order chi connectivity index (χ1) is 11.8. The maximum atomic E-state index is 12.4. The summed E-state index contributed by atoms with van der Waals surface area (Å²) in [4.78, 5) is 20.7. The number of nitrogens with one attached hydrogen (secondary N) is 1. The third kappa shape index (κ3) is 4.02. The summed E-state index contributed by atoms with van der Waals surface area (Å²) in [6.45, 7) is 4.05. The molecule has 3 rings (SSSR count). The topological polar surface area (TPSA) is 57.7 Å². The second kappa shape index (κ2) is 7.79. The molecule has 126 valence electrons. The Labute approximate surface area is 142 Å². The van der Waals surface area contributed by atoms with Crippen molar-refractivity contribution in [1.82, 2.24) is 14.8 Å². The van der Waals surface area contributed by atoms with Crippen LogP contribution in [-0.2, 0) is 6.54 Å². The molecule has 1 fully saturated rings. The highest BCUT2D eigenvalue weighted by Gasteiger charge is 2.22. The van der Waals surface area contributed by atoms with Crippen molar-refractivity contribution in [2.24, 2.45) is 0 Å². The zero-order valence-corrected chi connectivity index (χ0v) is 13.8. The van der Waals surface area contributed by atoms with Crippen LogP contribution in [0.5, 0.6) is 5.75 Å². The van der Waals surface area contributed by atoms with Gasteiger partial charge in [0.25, 0.3) is 0 Å². The number of carbonyl (C=O) groups excluding carboxylic acids is 1. The van der Waals surface area contributed by atoms with E-state index in [0.29, 0.717) is 24.7 Å². The minimum Gasteiger partial charge on any atom is -0.493 e. The van der Waals surface area contributed by atoms with Crippen molar-refractivity contribution in [2.75, 3.05) is 38.6 Å². The number of piperazine rings is 1. The number of anilines is 1. The van der Waals surface area contributed by atoms with Crippen molar-refractivity contribution in [3.8, 4) is 5.75 Å².